The number of imidazole rings is 1. The van der Waals surface area contributed by atoms with Crippen LogP contribution in [-0.2, 0) is 19.6 Å². The minimum absolute atomic E-state index is 0.0660. The molecule has 4 aromatic rings. The Hall–Kier alpha value is -3.31. The van der Waals surface area contributed by atoms with Crippen LogP contribution in [0.2, 0.25) is 5.02 Å². The zero-order valence-corrected chi connectivity index (χ0v) is 17.4. The summed E-state index contributed by atoms with van der Waals surface area (Å²) in [4.78, 5) is 19.5. The summed E-state index contributed by atoms with van der Waals surface area (Å²) in [6.07, 6.45) is 5.28. The molecule has 30 heavy (non-hydrogen) atoms. The van der Waals surface area contributed by atoms with Crippen molar-refractivity contribution in [2.75, 3.05) is 0 Å². The number of hydrogen-bond donors (Lipinski definition) is 0. The molecular weight excluding hydrogens is 398 g/mol. The van der Waals surface area contributed by atoms with Crippen LogP contribution in [0.25, 0.3) is 0 Å². The third kappa shape index (κ3) is 4.81. The summed E-state index contributed by atoms with van der Waals surface area (Å²) in [5.41, 5.74) is 2.82. The van der Waals surface area contributed by atoms with Crippen LogP contribution < -0.4 is 0 Å². The molecule has 2 aromatic heterocycles. The highest BCUT2D eigenvalue weighted by Crippen LogP contribution is 2.17. The van der Waals surface area contributed by atoms with E-state index in [0.717, 1.165) is 22.7 Å². The maximum absolute atomic E-state index is 13.3. The smallest absolute Gasteiger partial charge is 0.254 e. The zero-order valence-electron chi connectivity index (χ0n) is 16.7. The maximum Gasteiger partial charge on any atom is 0.254 e. The van der Waals surface area contributed by atoms with Crippen LogP contribution in [0, 0.1) is 6.92 Å². The van der Waals surface area contributed by atoms with Crippen LogP contribution in [-0.4, -0.2) is 20.4 Å². The van der Waals surface area contributed by atoms with E-state index in [1.54, 1.807) is 17.4 Å². The van der Waals surface area contributed by atoms with Crippen LogP contribution in [0.1, 0.15) is 33.1 Å². The molecule has 2 heterocycles. The number of aryl methyl sites for hydroxylation is 1. The predicted molar refractivity (Wildman–Crippen MR) is 116 cm³/mol. The standard InChI is InChI=1S/C24H22ClN3O2/c1-18-7-9-20(10-8-18)24(29)28(16-22-6-3-13-30-22)17-23-26-11-12-27(23)15-19-4-2-5-21(25)14-19/h2-14H,15-17H2,1H3. The lowest BCUT2D eigenvalue weighted by Gasteiger charge is -2.22. The number of halogens is 1. The van der Waals surface area contributed by atoms with Gasteiger partial charge in [0.05, 0.1) is 19.4 Å². The lowest BCUT2D eigenvalue weighted by atomic mass is 10.1. The van der Waals surface area contributed by atoms with Crippen molar-refractivity contribution in [3.05, 3.63) is 113 Å². The topological polar surface area (TPSA) is 51.3 Å². The van der Waals surface area contributed by atoms with Gasteiger partial charge in [0.1, 0.15) is 11.6 Å². The Balaban J connectivity index is 1.58. The molecule has 0 aliphatic rings. The van der Waals surface area contributed by atoms with Gasteiger partial charge in [-0.1, -0.05) is 41.4 Å². The van der Waals surface area contributed by atoms with Crippen molar-refractivity contribution >= 4 is 17.5 Å². The van der Waals surface area contributed by atoms with Crippen molar-refractivity contribution in [3.8, 4) is 0 Å². The number of hydrogen-bond acceptors (Lipinski definition) is 3. The SMILES string of the molecule is Cc1ccc(C(=O)N(Cc2ccco2)Cc2nccn2Cc2cccc(Cl)c2)cc1. The number of nitrogens with zero attached hydrogens (tertiary/aromatic N) is 3. The summed E-state index contributed by atoms with van der Waals surface area (Å²) in [6.45, 7) is 3.36. The lowest BCUT2D eigenvalue weighted by Crippen LogP contribution is -2.31. The van der Waals surface area contributed by atoms with Crippen LogP contribution in [0.4, 0.5) is 0 Å². The molecule has 0 radical (unpaired) electrons. The Kier molecular flexibility index (Phi) is 6.00. The van der Waals surface area contributed by atoms with E-state index in [4.69, 9.17) is 16.0 Å². The van der Waals surface area contributed by atoms with E-state index in [1.807, 2.05) is 78.4 Å². The first-order chi connectivity index (χ1) is 14.6. The normalized spacial score (nSPS) is 10.9. The number of amides is 1. The lowest BCUT2D eigenvalue weighted by molar-refractivity contribution is 0.0711. The first-order valence-corrected chi connectivity index (χ1v) is 10.1. The highest BCUT2D eigenvalue weighted by Gasteiger charge is 2.20. The molecule has 0 bridgehead atoms. The van der Waals surface area contributed by atoms with Gasteiger partial charge in [0, 0.05) is 29.5 Å². The van der Waals surface area contributed by atoms with Crippen molar-refractivity contribution in [2.45, 2.75) is 26.6 Å². The third-order valence-corrected chi connectivity index (χ3v) is 5.12. The van der Waals surface area contributed by atoms with Crippen molar-refractivity contribution < 1.29 is 9.21 Å². The summed E-state index contributed by atoms with van der Waals surface area (Å²) in [5.74, 6) is 1.45. The summed E-state index contributed by atoms with van der Waals surface area (Å²) < 4.78 is 7.52. The van der Waals surface area contributed by atoms with Gasteiger partial charge in [-0.05, 0) is 48.9 Å². The van der Waals surface area contributed by atoms with Gasteiger partial charge in [-0.3, -0.25) is 4.79 Å². The van der Waals surface area contributed by atoms with E-state index in [1.165, 1.54) is 0 Å². The largest absolute Gasteiger partial charge is 0.467 e. The number of benzene rings is 2. The van der Waals surface area contributed by atoms with Crippen LogP contribution in [0.5, 0.6) is 0 Å². The Morgan fingerprint density at radius 3 is 2.67 bits per heavy atom. The molecule has 0 spiro atoms. The van der Waals surface area contributed by atoms with Gasteiger partial charge >= 0.3 is 0 Å². The van der Waals surface area contributed by atoms with E-state index in [-0.39, 0.29) is 5.91 Å². The van der Waals surface area contributed by atoms with Crippen molar-refractivity contribution in [1.29, 1.82) is 0 Å². The van der Waals surface area contributed by atoms with Crippen LogP contribution in [0.15, 0.2) is 83.7 Å². The van der Waals surface area contributed by atoms with Gasteiger partial charge in [0.15, 0.2) is 0 Å². The molecule has 0 fully saturated rings. The average Bonchev–Trinajstić information content (AvgIpc) is 3.40. The first-order valence-electron chi connectivity index (χ1n) is 9.71. The fourth-order valence-electron chi connectivity index (χ4n) is 3.31. The van der Waals surface area contributed by atoms with E-state index in [0.29, 0.717) is 30.2 Å². The third-order valence-electron chi connectivity index (χ3n) is 4.89. The van der Waals surface area contributed by atoms with Crippen molar-refractivity contribution in [3.63, 3.8) is 0 Å². The quantitative estimate of drug-likeness (QED) is 0.407. The molecule has 0 saturated carbocycles. The number of furan rings is 1. The molecule has 0 atom stereocenters. The van der Waals surface area contributed by atoms with Crippen molar-refractivity contribution in [1.82, 2.24) is 14.5 Å². The molecule has 6 heteroatoms. The molecular formula is C24H22ClN3O2. The molecule has 0 N–H and O–H groups in total. The molecule has 0 saturated heterocycles. The van der Waals surface area contributed by atoms with Crippen molar-refractivity contribution in [2.24, 2.45) is 0 Å². The van der Waals surface area contributed by atoms with Gasteiger partial charge < -0.3 is 13.9 Å². The fourth-order valence-corrected chi connectivity index (χ4v) is 3.52. The van der Waals surface area contributed by atoms with Gasteiger partial charge in [0.25, 0.3) is 5.91 Å². The monoisotopic (exact) mass is 419 g/mol. The number of aromatic nitrogens is 2. The Morgan fingerprint density at radius 1 is 1.10 bits per heavy atom. The second-order valence-corrected chi connectivity index (χ2v) is 7.64. The molecule has 0 aliphatic carbocycles. The molecule has 0 unspecified atom stereocenters. The minimum Gasteiger partial charge on any atom is -0.467 e. The minimum atomic E-state index is -0.0660. The second kappa shape index (κ2) is 9.01. The van der Waals surface area contributed by atoms with E-state index in [2.05, 4.69) is 4.98 Å². The van der Waals surface area contributed by atoms with Gasteiger partial charge in [0.2, 0.25) is 0 Å². The molecule has 1 amide bonds. The van der Waals surface area contributed by atoms with E-state index >= 15 is 0 Å². The molecule has 0 aliphatic heterocycles. The first kappa shape index (κ1) is 20.0. The fraction of sp³-hybridized carbons (Fsp3) is 0.167. The Labute approximate surface area is 180 Å². The maximum atomic E-state index is 13.3. The Bertz CT molecular complexity index is 1120. The van der Waals surface area contributed by atoms with Gasteiger partial charge in [-0.2, -0.15) is 0 Å². The molecule has 5 nitrogen and oxygen atoms in total. The number of carbonyl (C=O) groups is 1. The summed E-state index contributed by atoms with van der Waals surface area (Å²) in [7, 11) is 0. The molecule has 4 rings (SSSR count). The Morgan fingerprint density at radius 2 is 1.93 bits per heavy atom. The second-order valence-electron chi connectivity index (χ2n) is 7.21. The van der Waals surface area contributed by atoms with Gasteiger partial charge in [-0.15, -0.1) is 0 Å². The highest BCUT2D eigenvalue weighted by molar-refractivity contribution is 6.30. The predicted octanol–water partition coefficient (Wildman–Crippen LogP) is 5.33. The summed E-state index contributed by atoms with van der Waals surface area (Å²) in [6, 6.07) is 19.0. The summed E-state index contributed by atoms with van der Waals surface area (Å²) >= 11 is 6.12. The number of rotatable bonds is 7. The van der Waals surface area contributed by atoms with E-state index in [9.17, 15) is 4.79 Å². The van der Waals surface area contributed by atoms with Gasteiger partial charge in [-0.25, -0.2) is 4.98 Å². The average molecular weight is 420 g/mol. The number of carbonyl (C=O) groups excluding carboxylic acids is 1. The van der Waals surface area contributed by atoms with Crippen LogP contribution >= 0.6 is 11.6 Å². The molecule has 152 valence electrons. The van der Waals surface area contributed by atoms with E-state index < -0.39 is 0 Å². The molecule has 2 aromatic carbocycles. The highest BCUT2D eigenvalue weighted by atomic mass is 35.5. The zero-order chi connectivity index (χ0) is 20.9. The summed E-state index contributed by atoms with van der Waals surface area (Å²) in [5, 5.41) is 0.697. The van der Waals surface area contributed by atoms with Crippen LogP contribution in [0.3, 0.4) is 0 Å².